The standard InChI is InChI=1S/C28H27NO9/c1-16-7-5-9-18(13-16)27(33)37-23(25(30)29-21-15-20(35-3)11-12-22(21)36-4)24(26(31)32)38-28(34)19-10-6-8-17(2)14-19/h5-15,23-24H,1-4H3,(H,29,30)(H,31,32)/t23-,24-/m0/s1. The minimum atomic E-state index is -2.17. The van der Waals surface area contributed by atoms with E-state index in [0.717, 1.165) is 11.1 Å². The quantitative estimate of drug-likeness (QED) is 0.382. The molecule has 38 heavy (non-hydrogen) atoms. The van der Waals surface area contributed by atoms with Gasteiger partial charge in [0.05, 0.1) is 31.0 Å². The lowest BCUT2D eigenvalue weighted by atomic mass is 10.1. The number of hydrogen-bond donors (Lipinski definition) is 2. The second-order valence-electron chi connectivity index (χ2n) is 8.28. The van der Waals surface area contributed by atoms with Crippen LogP contribution in [0, 0.1) is 13.8 Å². The highest BCUT2D eigenvalue weighted by Gasteiger charge is 2.41. The number of esters is 2. The minimum Gasteiger partial charge on any atom is -0.497 e. The third kappa shape index (κ3) is 6.88. The number of benzene rings is 3. The molecule has 0 bridgehead atoms. The van der Waals surface area contributed by atoms with E-state index < -0.39 is 36.0 Å². The summed E-state index contributed by atoms with van der Waals surface area (Å²) in [6.45, 7) is 3.49. The van der Waals surface area contributed by atoms with Crippen molar-refractivity contribution in [2.24, 2.45) is 0 Å². The van der Waals surface area contributed by atoms with Crippen molar-refractivity contribution in [1.29, 1.82) is 0 Å². The molecule has 0 aliphatic heterocycles. The van der Waals surface area contributed by atoms with Gasteiger partial charge in [-0.15, -0.1) is 0 Å². The third-order valence-electron chi connectivity index (χ3n) is 5.42. The van der Waals surface area contributed by atoms with E-state index in [1.807, 2.05) is 0 Å². The molecule has 0 saturated heterocycles. The lowest BCUT2D eigenvalue weighted by molar-refractivity contribution is -0.157. The number of carbonyl (C=O) groups excluding carboxylic acids is 3. The maximum atomic E-state index is 13.4. The summed E-state index contributed by atoms with van der Waals surface area (Å²) in [5.41, 5.74) is 1.73. The fraction of sp³-hybridized carbons (Fsp3) is 0.214. The van der Waals surface area contributed by atoms with E-state index >= 15 is 0 Å². The number of carbonyl (C=O) groups is 4. The number of carboxylic acids is 1. The van der Waals surface area contributed by atoms with E-state index in [9.17, 15) is 24.3 Å². The first-order valence-corrected chi connectivity index (χ1v) is 11.4. The highest BCUT2D eigenvalue weighted by molar-refractivity contribution is 6.02. The van der Waals surface area contributed by atoms with Crippen molar-refractivity contribution < 1.29 is 43.2 Å². The average Bonchev–Trinajstić information content (AvgIpc) is 2.90. The van der Waals surface area contributed by atoms with E-state index in [-0.39, 0.29) is 22.6 Å². The second-order valence-corrected chi connectivity index (χ2v) is 8.28. The van der Waals surface area contributed by atoms with Crippen molar-refractivity contribution >= 4 is 29.5 Å². The molecule has 1 amide bonds. The Morgan fingerprint density at radius 3 is 1.76 bits per heavy atom. The number of aryl methyl sites for hydroxylation is 2. The number of anilines is 1. The lowest BCUT2D eigenvalue weighted by Crippen LogP contribution is -2.48. The van der Waals surface area contributed by atoms with E-state index in [2.05, 4.69) is 5.32 Å². The van der Waals surface area contributed by atoms with E-state index in [1.54, 1.807) is 44.2 Å². The van der Waals surface area contributed by atoms with Crippen LogP contribution in [-0.4, -0.2) is 55.3 Å². The SMILES string of the molecule is COc1ccc(OC)c(NC(=O)[C@@H](OC(=O)c2cccc(C)c2)[C@H](OC(=O)c2cccc(C)c2)C(=O)O)c1. The Hall–Kier alpha value is -4.86. The first-order valence-electron chi connectivity index (χ1n) is 11.4. The Labute approximate surface area is 219 Å². The van der Waals surface area contributed by atoms with Gasteiger partial charge in [-0.3, -0.25) is 4.79 Å². The Balaban J connectivity index is 1.98. The second kappa shape index (κ2) is 12.4. The number of amides is 1. The van der Waals surface area contributed by atoms with Gasteiger partial charge in [0.2, 0.25) is 12.2 Å². The Morgan fingerprint density at radius 1 is 0.737 bits per heavy atom. The number of rotatable bonds is 10. The molecule has 0 aliphatic rings. The summed E-state index contributed by atoms with van der Waals surface area (Å²) in [6, 6.07) is 17.1. The van der Waals surface area contributed by atoms with Gasteiger partial charge in [-0.1, -0.05) is 35.4 Å². The number of methoxy groups -OCH3 is 2. The molecule has 0 radical (unpaired) electrons. The van der Waals surface area contributed by atoms with Crippen LogP contribution in [0.25, 0.3) is 0 Å². The van der Waals surface area contributed by atoms with Crippen LogP contribution in [0.1, 0.15) is 31.8 Å². The number of hydrogen-bond acceptors (Lipinski definition) is 8. The highest BCUT2D eigenvalue weighted by Crippen LogP contribution is 2.29. The molecule has 2 N–H and O–H groups in total. The van der Waals surface area contributed by atoms with Crippen molar-refractivity contribution in [1.82, 2.24) is 0 Å². The lowest BCUT2D eigenvalue weighted by Gasteiger charge is -2.24. The van der Waals surface area contributed by atoms with Crippen LogP contribution in [0.3, 0.4) is 0 Å². The summed E-state index contributed by atoms with van der Waals surface area (Å²) in [4.78, 5) is 51.3. The van der Waals surface area contributed by atoms with Crippen LogP contribution in [-0.2, 0) is 19.1 Å². The Bertz CT molecular complexity index is 1350. The normalized spacial score (nSPS) is 12.0. The summed E-state index contributed by atoms with van der Waals surface area (Å²) >= 11 is 0. The molecule has 198 valence electrons. The summed E-state index contributed by atoms with van der Waals surface area (Å²) in [7, 11) is 2.79. The number of carboxylic acid groups (broad SMARTS) is 1. The molecule has 10 heteroatoms. The van der Waals surface area contributed by atoms with Gasteiger partial charge in [0.15, 0.2) is 0 Å². The van der Waals surface area contributed by atoms with Crippen LogP contribution in [0.15, 0.2) is 66.7 Å². The molecular formula is C28H27NO9. The van der Waals surface area contributed by atoms with Crippen molar-refractivity contribution in [2.75, 3.05) is 19.5 Å². The van der Waals surface area contributed by atoms with Crippen molar-refractivity contribution in [3.05, 3.63) is 89.0 Å². The van der Waals surface area contributed by atoms with Gasteiger partial charge < -0.3 is 29.4 Å². The van der Waals surface area contributed by atoms with E-state index in [4.69, 9.17) is 18.9 Å². The van der Waals surface area contributed by atoms with Gasteiger partial charge in [0.25, 0.3) is 5.91 Å². The van der Waals surface area contributed by atoms with Crippen molar-refractivity contribution in [3.8, 4) is 11.5 Å². The van der Waals surface area contributed by atoms with Gasteiger partial charge >= 0.3 is 17.9 Å². The molecule has 0 spiro atoms. The van der Waals surface area contributed by atoms with E-state index in [0.29, 0.717) is 5.75 Å². The predicted molar refractivity (Wildman–Crippen MR) is 137 cm³/mol. The molecule has 0 aromatic heterocycles. The predicted octanol–water partition coefficient (Wildman–Crippen LogP) is 3.79. The largest absolute Gasteiger partial charge is 0.497 e. The summed E-state index contributed by atoms with van der Waals surface area (Å²) in [5.74, 6) is -4.15. The zero-order chi connectivity index (χ0) is 27.8. The van der Waals surface area contributed by atoms with Crippen LogP contribution >= 0.6 is 0 Å². The number of ether oxygens (including phenoxy) is 4. The maximum Gasteiger partial charge on any atom is 0.349 e. The average molecular weight is 522 g/mol. The molecule has 0 saturated carbocycles. The monoisotopic (exact) mass is 521 g/mol. The minimum absolute atomic E-state index is 0.0647. The van der Waals surface area contributed by atoms with Crippen LogP contribution < -0.4 is 14.8 Å². The fourth-order valence-corrected chi connectivity index (χ4v) is 3.52. The first kappa shape index (κ1) is 27.7. The topological polar surface area (TPSA) is 137 Å². The molecule has 3 aromatic carbocycles. The summed E-state index contributed by atoms with van der Waals surface area (Å²) < 4.78 is 21.0. The van der Waals surface area contributed by atoms with Gasteiger partial charge in [-0.25, -0.2) is 14.4 Å². The Kier molecular flexibility index (Phi) is 9.04. The van der Waals surface area contributed by atoms with Crippen LogP contribution in [0.4, 0.5) is 5.69 Å². The van der Waals surface area contributed by atoms with Gasteiger partial charge in [-0.2, -0.15) is 0 Å². The summed E-state index contributed by atoms with van der Waals surface area (Å²) in [5, 5.41) is 12.4. The first-order chi connectivity index (χ1) is 18.1. The Morgan fingerprint density at radius 2 is 1.29 bits per heavy atom. The summed E-state index contributed by atoms with van der Waals surface area (Å²) in [6.07, 6.45) is -4.24. The molecule has 2 atom stereocenters. The zero-order valence-electron chi connectivity index (χ0n) is 21.2. The van der Waals surface area contributed by atoms with Gasteiger partial charge in [-0.05, 0) is 50.2 Å². The smallest absolute Gasteiger partial charge is 0.349 e. The number of nitrogens with one attached hydrogen (secondary N) is 1. The van der Waals surface area contributed by atoms with Crippen LogP contribution in [0.5, 0.6) is 11.5 Å². The molecular weight excluding hydrogens is 494 g/mol. The molecule has 0 unspecified atom stereocenters. The third-order valence-corrected chi connectivity index (χ3v) is 5.42. The van der Waals surface area contributed by atoms with Gasteiger partial charge in [0, 0.05) is 6.07 Å². The number of aliphatic carboxylic acids is 1. The van der Waals surface area contributed by atoms with Crippen molar-refractivity contribution in [3.63, 3.8) is 0 Å². The molecule has 0 fully saturated rings. The van der Waals surface area contributed by atoms with E-state index in [1.165, 1.54) is 50.6 Å². The van der Waals surface area contributed by atoms with Crippen LogP contribution in [0.2, 0.25) is 0 Å². The highest BCUT2D eigenvalue weighted by atomic mass is 16.6. The fourth-order valence-electron chi connectivity index (χ4n) is 3.52. The molecule has 0 heterocycles. The molecule has 10 nitrogen and oxygen atoms in total. The molecule has 0 aliphatic carbocycles. The molecule has 3 aromatic rings. The van der Waals surface area contributed by atoms with Crippen molar-refractivity contribution in [2.45, 2.75) is 26.1 Å². The maximum absolute atomic E-state index is 13.4. The zero-order valence-corrected chi connectivity index (χ0v) is 21.2. The van der Waals surface area contributed by atoms with Gasteiger partial charge in [0.1, 0.15) is 11.5 Å². The molecule has 3 rings (SSSR count).